The number of hydrogen-bond acceptors (Lipinski definition) is 3. The lowest BCUT2D eigenvalue weighted by Crippen LogP contribution is -2.28. The summed E-state index contributed by atoms with van der Waals surface area (Å²) in [7, 11) is 0. The number of nitrogens with one attached hydrogen (secondary N) is 2. The summed E-state index contributed by atoms with van der Waals surface area (Å²) in [5.74, 6) is -2.35. The number of rotatable bonds is 8. The van der Waals surface area contributed by atoms with Gasteiger partial charge in [-0.05, 0) is 36.4 Å². The van der Waals surface area contributed by atoms with Crippen LogP contribution in [0, 0.1) is 11.6 Å². The van der Waals surface area contributed by atoms with Crippen LogP contribution in [-0.2, 0) is 11.2 Å². The van der Waals surface area contributed by atoms with Crippen LogP contribution < -0.4 is 10.6 Å². The zero-order valence-electron chi connectivity index (χ0n) is 13.0. The highest BCUT2D eigenvalue weighted by molar-refractivity contribution is 7.09. The van der Waals surface area contributed by atoms with Gasteiger partial charge in [-0.25, -0.2) is 8.78 Å². The molecular weight excluding hydrogens is 334 g/mol. The van der Waals surface area contributed by atoms with Gasteiger partial charge in [-0.3, -0.25) is 9.59 Å². The molecule has 0 aliphatic rings. The van der Waals surface area contributed by atoms with Crippen molar-refractivity contribution < 1.29 is 18.4 Å². The van der Waals surface area contributed by atoms with Gasteiger partial charge in [-0.2, -0.15) is 0 Å². The molecule has 0 saturated carbocycles. The molecule has 0 radical (unpaired) electrons. The van der Waals surface area contributed by atoms with Crippen molar-refractivity contribution in [1.82, 2.24) is 10.6 Å². The molecule has 24 heavy (non-hydrogen) atoms. The first kappa shape index (κ1) is 18.1. The van der Waals surface area contributed by atoms with E-state index in [4.69, 9.17) is 0 Å². The van der Waals surface area contributed by atoms with Crippen LogP contribution >= 0.6 is 11.3 Å². The number of hydrogen-bond donors (Lipinski definition) is 2. The Morgan fingerprint density at radius 2 is 1.92 bits per heavy atom. The summed E-state index contributed by atoms with van der Waals surface area (Å²) in [5, 5.41) is 7.31. The summed E-state index contributed by atoms with van der Waals surface area (Å²) in [4.78, 5) is 24.6. The Bertz CT molecular complexity index is 690. The monoisotopic (exact) mass is 352 g/mol. The molecule has 1 aromatic heterocycles. The van der Waals surface area contributed by atoms with Gasteiger partial charge < -0.3 is 10.6 Å². The maximum Gasteiger partial charge on any atom is 0.254 e. The molecule has 2 amide bonds. The van der Waals surface area contributed by atoms with Crippen molar-refractivity contribution in [3.8, 4) is 0 Å². The summed E-state index contributed by atoms with van der Waals surface area (Å²) >= 11 is 1.65. The second kappa shape index (κ2) is 9.12. The van der Waals surface area contributed by atoms with Gasteiger partial charge in [0.1, 0.15) is 11.6 Å². The SMILES string of the molecule is O=C(CCCNC(=O)c1ccc(F)cc1F)NCCc1cccs1. The predicted octanol–water partition coefficient (Wildman–Crippen LogP) is 2.90. The number of carbonyl (C=O) groups is 2. The van der Waals surface area contributed by atoms with E-state index in [0.717, 1.165) is 18.6 Å². The number of carbonyl (C=O) groups excluding carboxylic acids is 2. The third kappa shape index (κ3) is 5.73. The summed E-state index contributed by atoms with van der Waals surface area (Å²) in [6.07, 6.45) is 1.51. The van der Waals surface area contributed by atoms with E-state index < -0.39 is 17.5 Å². The van der Waals surface area contributed by atoms with Crippen LogP contribution in [0.5, 0.6) is 0 Å². The molecule has 1 heterocycles. The van der Waals surface area contributed by atoms with E-state index in [-0.39, 0.29) is 24.4 Å². The number of thiophene rings is 1. The molecule has 0 spiro atoms. The van der Waals surface area contributed by atoms with Gasteiger partial charge in [0, 0.05) is 30.5 Å². The molecule has 2 rings (SSSR count). The van der Waals surface area contributed by atoms with Gasteiger partial charge >= 0.3 is 0 Å². The van der Waals surface area contributed by atoms with Gasteiger partial charge in [0.05, 0.1) is 5.56 Å². The Hall–Kier alpha value is -2.28. The van der Waals surface area contributed by atoms with Crippen molar-refractivity contribution >= 4 is 23.2 Å². The van der Waals surface area contributed by atoms with Gasteiger partial charge in [0.25, 0.3) is 5.91 Å². The van der Waals surface area contributed by atoms with Crippen LogP contribution in [-0.4, -0.2) is 24.9 Å². The van der Waals surface area contributed by atoms with Crippen LogP contribution in [0.25, 0.3) is 0 Å². The molecule has 0 atom stereocenters. The minimum absolute atomic E-state index is 0.0891. The molecule has 0 saturated heterocycles. The van der Waals surface area contributed by atoms with Crippen molar-refractivity contribution in [3.63, 3.8) is 0 Å². The Kier molecular flexibility index (Phi) is 6.87. The average Bonchev–Trinajstić information content (AvgIpc) is 3.04. The second-order valence-electron chi connectivity index (χ2n) is 5.16. The van der Waals surface area contributed by atoms with Crippen molar-refractivity contribution in [2.75, 3.05) is 13.1 Å². The standard InChI is InChI=1S/C17H18F2N2O2S/c18-12-5-6-14(15(19)11-12)17(23)21-8-1-4-16(22)20-9-7-13-3-2-10-24-13/h2-3,5-6,10-11H,1,4,7-9H2,(H,20,22)(H,21,23). The highest BCUT2D eigenvalue weighted by atomic mass is 32.1. The van der Waals surface area contributed by atoms with Crippen LogP contribution in [0.2, 0.25) is 0 Å². The fourth-order valence-electron chi connectivity index (χ4n) is 2.09. The van der Waals surface area contributed by atoms with E-state index >= 15 is 0 Å². The van der Waals surface area contributed by atoms with E-state index in [9.17, 15) is 18.4 Å². The molecule has 128 valence electrons. The molecule has 2 N–H and O–H groups in total. The first-order valence-corrected chi connectivity index (χ1v) is 8.46. The smallest absolute Gasteiger partial charge is 0.254 e. The van der Waals surface area contributed by atoms with E-state index in [1.807, 2.05) is 17.5 Å². The minimum atomic E-state index is -0.904. The molecule has 2 aromatic rings. The maximum atomic E-state index is 13.4. The van der Waals surface area contributed by atoms with E-state index in [0.29, 0.717) is 19.0 Å². The topological polar surface area (TPSA) is 58.2 Å². The highest BCUT2D eigenvalue weighted by Crippen LogP contribution is 2.09. The third-order valence-electron chi connectivity index (χ3n) is 3.32. The van der Waals surface area contributed by atoms with Crippen molar-refractivity contribution in [1.29, 1.82) is 0 Å². The summed E-state index contributed by atoms with van der Waals surface area (Å²) in [6.45, 7) is 0.820. The molecular formula is C17H18F2N2O2S. The molecule has 4 nitrogen and oxygen atoms in total. The van der Waals surface area contributed by atoms with Crippen LogP contribution in [0.3, 0.4) is 0 Å². The largest absolute Gasteiger partial charge is 0.356 e. The lowest BCUT2D eigenvalue weighted by molar-refractivity contribution is -0.121. The molecule has 0 aliphatic carbocycles. The molecule has 0 aliphatic heterocycles. The zero-order chi connectivity index (χ0) is 17.4. The zero-order valence-corrected chi connectivity index (χ0v) is 13.8. The van der Waals surface area contributed by atoms with Crippen molar-refractivity contribution in [2.45, 2.75) is 19.3 Å². The molecule has 0 bridgehead atoms. The fourth-order valence-corrected chi connectivity index (χ4v) is 2.80. The fraction of sp³-hybridized carbons (Fsp3) is 0.294. The average molecular weight is 352 g/mol. The lowest BCUT2D eigenvalue weighted by Gasteiger charge is -2.07. The number of benzene rings is 1. The molecule has 7 heteroatoms. The van der Waals surface area contributed by atoms with E-state index in [1.54, 1.807) is 11.3 Å². The molecule has 0 unspecified atom stereocenters. The van der Waals surface area contributed by atoms with E-state index in [2.05, 4.69) is 10.6 Å². The van der Waals surface area contributed by atoms with Gasteiger partial charge in [0.15, 0.2) is 0 Å². The first-order chi connectivity index (χ1) is 11.6. The Morgan fingerprint density at radius 1 is 1.08 bits per heavy atom. The van der Waals surface area contributed by atoms with Crippen molar-refractivity contribution in [2.24, 2.45) is 0 Å². The summed E-state index contributed by atoms with van der Waals surface area (Å²) < 4.78 is 26.2. The van der Waals surface area contributed by atoms with Crippen LogP contribution in [0.15, 0.2) is 35.7 Å². The predicted molar refractivity (Wildman–Crippen MR) is 89.0 cm³/mol. The molecule has 0 fully saturated rings. The summed E-state index contributed by atoms with van der Waals surface area (Å²) in [5.41, 5.74) is -0.211. The minimum Gasteiger partial charge on any atom is -0.356 e. The Labute approximate surface area is 142 Å². The normalized spacial score (nSPS) is 10.4. The Balaban J connectivity index is 1.61. The number of halogens is 2. The molecule has 1 aromatic carbocycles. The number of amides is 2. The van der Waals surface area contributed by atoms with Crippen LogP contribution in [0.4, 0.5) is 8.78 Å². The quantitative estimate of drug-likeness (QED) is 0.718. The van der Waals surface area contributed by atoms with Gasteiger partial charge in [-0.1, -0.05) is 6.07 Å². The maximum absolute atomic E-state index is 13.4. The second-order valence-corrected chi connectivity index (χ2v) is 6.20. The van der Waals surface area contributed by atoms with Gasteiger partial charge in [0.2, 0.25) is 5.91 Å². The summed E-state index contributed by atoms with van der Waals surface area (Å²) in [6, 6.07) is 6.77. The Morgan fingerprint density at radius 3 is 2.62 bits per heavy atom. The van der Waals surface area contributed by atoms with E-state index in [1.165, 1.54) is 4.88 Å². The van der Waals surface area contributed by atoms with Crippen molar-refractivity contribution in [3.05, 3.63) is 57.8 Å². The lowest BCUT2D eigenvalue weighted by atomic mass is 10.2. The van der Waals surface area contributed by atoms with Crippen LogP contribution in [0.1, 0.15) is 28.1 Å². The first-order valence-electron chi connectivity index (χ1n) is 7.58. The third-order valence-corrected chi connectivity index (χ3v) is 4.25. The van der Waals surface area contributed by atoms with Gasteiger partial charge in [-0.15, -0.1) is 11.3 Å². The highest BCUT2D eigenvalue weighted by Gasteiger charge is 2.12.